The first-order valence-corrected chi connectivity index (χ1v) is 22.0. The highest BCUT2D eigenvalue weighted by atomic mass is 15.1. The zero-order valence-electron chi connectivity index (χ0n) is 36.2. The van der Waals surface area contributed by atoms with Crippen LogP contribution >= 0.6 is 0 Å². The van der Waals surface area contributed by atoms with Gasteiger partial charge in [0.1, 0.15) is 18.2 Å². The van der Waals surface area contributed by atoms with Gasteiger partial charge in [-0.25, -0.2) is 29.9 Å². The average molecular weight is 883 g/mol. The second-order valence-corrected chi connectivity index (χ2v) is 16.5. The topological polar surface area (TPSA) is 164 Å². The molecule has 12 nitrogen and oxygen atoms in total. The van der Waals surface area contributed by atoms with Gasteiger partial charge in [0.2, 0.25) is 17.5 Å². The molecule has 0 radical (unpaired) electrons. The molecule has 0 unspecified atom stereocenters. The van der Waals surface area contributed by atoms with Crippen molar-refractivity contribution in [3.63, 3.8) is 0 Å². The van der Waals surface area contributed by atoms with E-state index in [1.54, 1.807) is 37.2 Å². The number of hydrogen-bond donors (Lipinski definition) is 0. The van der Waals surface area contributed by atoms with Crippen molar-refractivity contribution >= 4 is 65.4 Å². The normalized spacial score (nSPS) is 11.4. The summed E-state index contributed by atoms with van der Waals surface area (Å²) in [7, 11) is 0. The molecular formula is C57H30N12. The summed E-state index contributed by atoms with van der Waals surface area (Å²) in [6, 6.07) is 56.4. The molecular weight excluding hydrogens is 853 g/mol. The molecule has 318 valence electrons. The van der Waals surface area contributed by atoms with E-state index in [2.05, 4.69) is 135 Å². The number of benzene rings is 7. The lowest BCUT2D eigenvalue weighted by atomic mass is 9.87. The van der Waals surface area contributed by atoms with Gasteiger partial charge in [0, 0.05) is 103 Å². The monoisotopic (exact) mass is 882 g/mol. The second kappa shape index (κ2) is 15.4. The SMILES string of the molecule is N#Cc1ncc(-c2c(-n3c4ccccc4c4ccccc43)c(-c3cnc(C#N)nc3)c(-n3c4ccccc4c4ccccc43)c(-c3cnc(C#N)nc3)c2-n2c3ccccc3c3ccccc32)cn1. The average Bonchev–Trinajstić information content (AvgIpc) is 4.06. The van der Waals surface area contributed by atoms with E-state index >= 15 is 0 Å². The molecule has 12 heteroatoms. The maximum absolute atomic E-state index is 10.1. The van der Waals surface area contributed by atoms with Gasteiger partial charge in [0.25, 0.3) is 0 Å². The maximum Gasteiger partial charge on any atom is 0.232 e. The summed E-state index contributed by atoms with van der Waals surface area (Å²) in [6.45, 7) is 0. The van der Waals surface area contributed by atoms with Crippen molar-refractivity contribution in [2.24, 2.45) is 0 Å². The van der Waals surface area contributed by atoms with Gasteiger partial charge in [-0.15, -0.1) is 0 Å². The van der Waals surface area contributed by atoms with Crippen LogP contribution in [0.4, 0.5) is 0 Å². The van der Waals surface area contributed by atoms with Crippen LogP contribution in [-0.4, -0.2) is 43.6 Å². The molecule has 0 aliphatic carbocycles. The highest BCUT2D eigenvalue weighted by molar-refractivity contribution is 6.17. The van der Waals surface area contributed by atoms with Gasteiger partial charge in [-0.1, -0.05) is 109 Å². The number of nitrogens with zero attached hydrogens (tertiary/aromatic N) is 12. The zero-order chi connectivity index (χ0) is 46.2. The quantitative estimate of drug-likeness (QED) is 0.158. The Hall–Kier alpha value is -10.4. The van der Waals surface area contributed by atoms with Crippen molar-refractivity contribution in [3.8, 4) is 68.7 Å². The van der Waals surface area contributed by atoms with Crippen LogP contribution < -0.4 is 0 Å². The van der Waals surface area contributed by atoms with E-state index in [9.17, 15) is 15.8 Å². The Bertz CT molecular complexity index is 3760. The van der Waals surface area contributed by atoms with Gasteiger partial charge in [0.15, 0.2) is 0 Å². The van der Waals surface area contributed by atoms with E-state index in [0.29, 0.717) is 33.4 Å². The van der Waals surface area contributed by atoms with E-state index in [0.717, 1.165) is 82.5 Å². The van der Waals surface area contributed by atoms with Crippen molar-refractivity contribution in [2.45, 2.75) is 0 Å². The highest BCUT2D eigenvalue weighted by Crippen LogP contribution is 2.54. The van der Waals surface area contributed by atoms with E-state index in [4.69, 9.17) is 0 Å². The summed E-state index contributed by atoms with van der Waals surface area (Å²) in [5, 5.41) is 36.5. The molecule has 13 rings (SSSR count). The summed E-state index contributed by atoms with van der Waals surface area (Å²) in [5.74, 6) is 0.0386. The van der Waals surface area contributed by atoms with Gasteiger partial charge in [0.05, 0.1) is 50.2 Å². The number of para-hydroxylation sites is 6. The molecule has 0 saturated carbocycles. The first kappa shape index (κ1) is 39.1. The first-order valence-electron chi connectivity index (χ1n) is 22.0. The van der Waals surface area contributed by atoms with Gasteiger partial charge in [-0.05, 0) is 36.4 Å². The molecule has 0 spiro atoms. The molecule has 7 aromatic carbocycles. The van der Waals surface area contributed by atoms with E-state index in [-0.39, 0.29) is 17.5 Å². The zero-order valence-corrected chi connectivity index (χ0v) is 36.2. The summed E-state index contributed by atoms with van der Waals surface area (Å²) in [5.41, 5.74) is 11.6. The van der Waals surface area contributed by atoms with E-state index in [1.165, 1.54) is 0 Å². The van der Waals surface area contributed by atoms with Crippen molar-refractivity contribution in [3.05, 3.63) is 200 Å². The van der Waals surface area contributed by atoms with Gasteiger partial charge < -0.3 is 13.7 Å². The lowest BCUT2D eigenvalue weighted by molar-refractivity contribution is 1.07. The minimum atomic E-state index is 0.0129. The minimum Gasteiger partial charge on any atom is -0.308 e. The summed E-state index contributed by atoms with van der Waals surface area (Å²) in [6.07, 6.45) is 10.2. The van der Waals surface area contributed by atoms with Crippen molar-refractivity contribution in [1.82, 2.24) is 43.6 Å². The van der Waals surface area contributed by atoms with Gasteiger partial charge in [-0.3, -0.25) is 0 Å². The van der Waals surface area contributed by atoms with Crippen molar-refractivity contribution < 1.29 is 0 Å². The molecule has 69 heavy (non-hydrogen) atoms. The Labute approximate surface area is 392 Å². The van der Waals surface area contributed by atoms with Gasteiger partial charge in [-0.2, -0.15) is 15.8 Å². The number of fused-ring (bicyclic) bond motifs is 9. The van der Waals surface area contributed by atoms with Crippen LogP contribution in [0.3, 0.4) is 0 Å². The van der Waals surface area contributed by atoms with Crippen LogP contribution in [-0.2, 0) is 0 Å². The third-order valence-electron chi connectivity index (χ3n) is 13.0. The molecule has 0 aliphatic rings. The number of aromatic nitrogens is 9. The molecule has 0 atom stereocenters. The maximum atomic E-state index is 10.1. The lowest BCUT2D eigenvalue weighted by Crippen LogP contribution is -2.14. The summed E-state index contributed by atoms with van der Waals surface area (Å²) >= 11 is 0. The molecule has 0 fully saturated rings. The standard InChI is InChI=1S/C57H30N12/c58-25-49-61-28-34(29-62-49)52-55(67-43-19-7-1-13-37(43)38-14-2-8-20-44(38)67)53(35-30-63-50(26-59)64-31-35)57(69-47-23-11-5-17-41(47)42-18-6-12-24-48(42)69)54(36-32-65-51(27-60)66-33-36)56(52)68-45-21-9-3-15-39(45)40-16-4-10-22-46(40)68/h1-24,28-33H. The number of hydrogen-bond acceptors (Lipinski definition) is 9. The molecule has 0 saturated heterocycles. The lowest BCUT2D eigenvalue weighted by Gasteiger charge is -2.30. The Morgan fingerprint density at radius 1 is 0.275 bits per heavy atom. The molecule has 0 amide bonds. The Morgan fingerprint density at radius 2 is 0.464 bits per heavy atom. The number of rotatable bonds is 6. The second-order valence-electron chi connectivity index (χ2n) is 16.5. The molecule has 6 heterocycles. The predicted molar refractivity (Wildman–Crippen MR) is 267 cm³/mol. The first-order chi connectivity index (χ1) is 34.1. The summed E-state index contributed by atoms with van der Waals surface area (Å²) < 4.78 is 6.87. The van der Waals surface area contributed by atoms with Crippen LogP contribution in [0.25, 0.3) is 116 Å². The van der Waals surface area contributed by atoms with Crippen LogP contribution in [0.5, 0.6) is 0 Å². The van der Waals surface area contributed by atoms with Crippen LogP contribution in [0.15, 0.2) is 183 Å². The smallest absolute Gasteiger partial charge is 0.232 e. The van der Waals surface area contributed by atoms with Crippen LogP contribution in [0.2, 0.25) is 0 Å². The Kier molecular flexibility index (Phi) is 8.71. The molecule has 0 bridgehead atoms. The molecule has 13 aromatic rings. The fourth-order valence-electron chi connectivity index (χ4n) is 10.2. The summed E-state index contributed by atoms with van der Waals surface area (Å²) in [4.78, 5) is 27.9. The van der Waals surface area contributed by atoms with Crippen LogP contribution in [0.1, 0.15) is 17.5 Å². The third-order valence-corrected chi connectivity index (χ3v) is 13.0. The number of nitriles is 3. The fraction of sp³-hybridized carbons (Fsp3) is 0. The molecule has 6 aromatic heterocycles. The Morgan fingerprint density at radius 3 is 0.652 bits per heavy atom. The van der Waals surface area contributed by atoms with E-state index in [1.807, 2.05) is 72.8 Å². The van der Waals surface area contributed by atoms with Crippen molar-refractivity contribution in [1.29, 1.82) is 15.8 Å². The fourth-order valence-corrected chi connectivity index (χ4v) is 10.2. The van der Waals surface area contributed by atoms with E-state index < -0.39 is 0 Å². The van der Waals surface area contributed by atoms with Crippen molar-refractivity contribution in [2.75, 3.05) is 0 Å². The highest BCUT2D eigenvalue weighted by Gasteiger charge is 2.34. The Balaban J connectivity index is 1.42. The predicted octanol–water partition coefficient (Wildman–Crippen LogP) is 12.0. The molecule has 0 N–H and O–H groups in total. The third kappa shape index (κ3) is 5.79. The van der Waals surface area contributed by atoms with Gasteiger partial charge >= 0.3 is 0 Å². The van der Waals surface area contributed by atoms with Crippen LogP contribution in [0, 0.1) is 34.0 Å². The molecule has 0 aliphatic heterocycles. The minimum absolute atomic E-state index is 0.0129. The largest absolute Gasteiger partial charge is 0.308 e.